The average Bonchev–Trinajstić information content (AvgIpc) is 3.47. The lowest BCUT2D eigenvalue weighted by molar-refractivity contribution is 0.0647. The minimum absolute atomic E-state index is 0.174. The number of hydrogen-bond acceptors (Lipinski definition) is 8. The number of oxazole rings is 1. The summed E-state index contributed by atoms with van der Waals surface area (Å²) in [7, 11) is 0. The van der Waals surface area contributed by atoms with Crippen LogP contribution in [0.2, 0.25) is 0 Å². The predicted molar refractivity (Wildman–Crippen MR) is 97.7 cm³/mol. The summed E-state index contributed by atoms with van der Waals surface area (Å²) in [4.78, 5) is 9.05. The maximum Gasteiger partial charge on any atom is 0.230 e. The van der Waals surface area contributed by atoms with E-state index in [0.29, 0.717) is 29.3 Å². The molecular weight excluding hydrogens is 360 g/mol. The molecule has 148 valence electrons. The first-order valence-electron chi connectivity index (χ1n) is 10.1. The average molecular weight is 384 g/mol. The van der Waals surface area contributed by atoms with E-state index in [1.807, 2.05) is 0 Å². The molecule has 9 nitrogen and oxygen atoms in total. The summed E-state index contributed by atoms with van der Waals surface area (Å²) in [5.41, 5.74) is 2.93. The van der Waals surface area contributed by atoms with E-state index in [4.69, 9.17) is 13.7 Å². The molecule has 2 aliphatic rings. The third-order valence-corrected chi connectivity index (χ3v) is 5.61. The van der Waals surface area contributed by atoms with E-state index in [2.05, 4.69) is 37.0 Å². The smallest absolute Gasteiger partial charge is 0.230 e. The summed E-state index contributed by atoms with van der Waals surface area (Å²) < 4.78 is 18.7. The molecule has 0 bridgehead atoms. The Balaban J connectivity index is 1.35. The van der Waals surface area contributed by atoms with Gasteiger partial charge >= 0.3 is 0 Å². The molecule has 1 unspecified atom stereocenters. The number of nitrogens with zero attached hydrogens (tertiary/aromatic N) is 6. The lowest BCUT2D eigenvalue weighted by Crippen LogP contribution is -2.24. The molecule has 0 spiro atoms. The van der Waals surface area contributed by atoms with Crippen molar-refractivity contribution in [3.05, 3.63) is 29.4 Å². The van der Waals surface area contributed by atoms with Gasteiger partial charge in [-0.05, 0) is 32.1 Å². The Morgan fingerprint density at radius 1 is 1.18 bits per heavy atom. The first-order valence-corrected chi connectivity index (χ1v) is 10.1. The van der Waals surface area contributed by atoms with E-state index in [1.165, 1.54) is 5.69 Å². The highest BCUT2D eigenvalue weighted by Crippen LogP contribution is 2.34. The van der Waals surface area contributed by atoms with Gasteiger partial charge in [-0.1, -0.05) is 17.3 Å². The molecule has 0 amide bonds. The van der Waals surface area contributed by atoms with Crippen LogP contribution < -0.4 is 0 Å². The van der Waals surface area contributed by atoms with Crippen molar-refractivity contribution < 1.29 is 13.7 Å². The number of aromatic nitrogens is 6. The number of fused-ring (bicyclic) bond motifs is 1. The van der Waals surface area contributed by atoms with Crippen LogP contribution in [0.5, 0.6) is 0 Å². The van der Waals surface area contributed by atoms with E-state index in [9.17, 15) is 0 Å². The van der Waals surface area contributed by atoms with Crippen molar-refractivity contribution in [3.8, 4) is 11.5 Å². The van der Waals surface area contributed by atoms with Crippen LogP contribution >= 0.6 is 0 Å². The van der Waals surface area contributed by atoms with Crippen LogP contribution in [0.3, 0.4) is 0 Å². The molecule has 1 aliphatic carbocycles. The molecule has 3 aromatic heterocycles. The molecule has 1 saturated heterocycles. The van der Waals surface area contributed by atoms with Crippen LogP contribution in [0.4, 0.5) is 0 Å². The summed E-state index contributed by atoms with van der Waals surface area (Å²) >= 11 is 0. The normalized spacial score (nSPS) is 20.4. The lowest BCUT2D eigenvalue weighted by atomic mass is 9.89. The monoisotopic (exact) mass is 384 g/mol. The van der Waals surface area contributed by atoms with Crippen molar-refractivity contribution in [2.24, 2.45) is 0 Å². The molecule has 0 saturated carbocycles. The van der Waals surface area contributed by atoms with Crippen molar-refractivity contribution in [1.29, 1.82) is 0 Å². The van der Waals surface area contributed by atoms with E-state index in [0.717, 1.165) is 63.9 Å². The zero-order valence-electron chi connectivity index (χ0n) is 16.0. The van der Waals surface area contributed by atoms with Gasteiger partial charge in [0, 0.05) is 32.0 Å². The maximum atomic E-state index is 5.59. The van der Waals surface area contributed by atoms with Crippen LogP contribution in [0.15, 0.2) is 15.2 Å². The molecule has 1 atom stereocenters. The summed E-state index contributed by atoms with van der Waals surface area (Å²) in [5.74, 6) is 2.02. The van der Waals surface area contributed by atoms with Gasteiger partial charge in [-0.2, -0.15) is 4.98 Å². The summed E-state index contributed by atoms with van der Waals surface area (Å²) in [6.07, 6.45) is 7.99. The highest BCUT2D eigenvalue weighted by Gasteiger charge is 2.31. The number of aryl methyl sites for hydroxylation is 2. The van der Waals surface area contributed by atoms with E-state index < -0.39 is 0 Å². The van der Waals surface area contributed by atoms with Gasteiger partial charge in [0.1, 0.15) is 12.0 Å². The third kappa shape index (κ3) is 3.23. The maximum absolute atomic E-state index is 5.59. The van der Waals surface area contributed by atoms with Crippen LogP contribution in [0.25, 0.3) is 11.5 Å². The Morgan fingerprint density at radius 2 is 2.07 bits per heavy atom. The minimum atomic E-state index is 0.174. The van der Waals surface area contributed by atoms with E-state index in [-0.39, 0.29) is 5.92 Å². The standard InChI is InChI=1S/C19H24N6O3/c1-2-3-17-20-15(11-27-17)18-21-19(28-23-18)12-4-5-14-16(10-12)25(24-22-14)13-6-8-26-9-7-13/h11-13H,2-10H2,1H3. The molecule has 28 heavy (non-hydrogen) atoms. The SMILES string of the molecule is CCCc1nc(-c2noc(C3CCc4nnn(C5CCOCC5)c4C3)n2)co1. The quantitative estimate of drug-likeness (QED) is 0.661. The van der Waals surface area contributed by atoms with Gasteiger partial charge < -0.3 is 13.7 Å². The fourth-order valence-electron chi connectivity index (χ4n) is 4.08. The van der Waals surface area contributed by atoms with Crippen molar-refractivity contribution in [2.45, 2.75) is 63.8 Å². The highest BCUT2D eigenvalue weighted by molar-refractivity contribution is 5.45. The van der Waals surface area contributed by atoms with Gasteiger partial charge in [-0.25, -0.2) is 9.67 Å². The Bertz CT molecular complexity index is 939. The third-order valence-electron chi connectivity index (χ3n) is 5.61. The molecule has 3 aromatic rings. The molecule has 1 aliphatic heterocycles. The van der Waals surface area contributed by atoms with Crippen molar-refractivity contribution in [3.63, 3.8) is 0 Å². The summed E-state index contributed by atoms with van der Waals surface area (Å²) in [5, 5.41) is 13.0. The van der Waals surface area contributed by atoms with Crippen LogP contribution in [-0.2, 0) is 24.0 Å². The zero-order chi connectivity index (χ0) is 18.9. The minimum Gasteiger partial charge on any atom is -0.448 e. The molecular formula is C19H24N6O3. The van der Waals surface area contributed by atoms with E-state index in [1.54, 1.807) is 6.26 Å². The van der Waals surface area contributed by atoms with Crippen LogP contribution in [-0.4, -0.2) is 43.3 Å². The molecule has 9 heteroatoms. The van der Waals surface area contributed by atoms with Gasteiger partial charge in [0.15, 0.2) is 5.89 Å². The van der Waals surface area contributed by atoms with Crippen molar-refractivity contribution in [2.75, 3.05) is 13.2 Å². The van der Waals surface area contributed by atoms with Crippen molar-refractivity contribution >= 4 is 0 Å². The topological polar surface area (TPSA) is 105 Å². The molecule has 4 heterocycles. The summed E-state index contributed by atoms with van der Waals surface area (Å²) in [6, 6.07) is 0.370. The van der Waals surface area contributed by atoms with Gasteiger partial charge in [0.2, 0.25) is 11.7 Å². The molecule has 1 fully saturated rings. The molecule has 0 N–H and O–H groups in total. The number of ether oxygens (including phenoxy) is 1. The Labute approximate surface area is 162 Å². The zero-order valence-corrected chi connectivity index (χ0v) is 16.0. The molecule has 5 rings (SSSR count). The Hall–Kier alpha value is -2.55. The van der Waals surface area contributed by atoms with Crippen LogP contribution in [0.1, 0.15) is 67.7 Å². The Morgan fingerprint density at radius 3 is 2.93 bits per heavy atom. The van der Waals surface area contributed by atoms with Crippen molar-refractivity contribution in [1.82, 2.24) is 30.1 Å². The summed E-state index contributed by atoms with van der Waals surface area (Å²) in [6.45, 7) is 3.66. The second-order valence-electron chi connectivity index (χ2n) is 7.54. The second kappa shape index (κ2) is 7.46. The lowest BCUT2D eigenvalue weighted by Gasteiger charge is -2.26. The van der Waals surface area contributed by atoms with Gasteiger partial charge in [0.25, 0.3) is 0 Å². The van der Waals surface area contributed by atoms with Gasteiger partial charge in [0.05, 0.1) is 17.4 Å². The van der Waals surface area contributed by atoms with E-state index >= 15 is 0 Å². The second-order valence-corrected chi connectivity index (χ2v) is 7.54. The van der Waals surface area contributed by atoms with Gasteiger partial charge in [-0.15, -0.1) is 5.10 Å². The number of rotatable bonds is 5. The fraction of sp³-hybridized carbons (Fsp3) is 0.632. The Kier molecular flexibility index (Phi) is 4.67. The first-order chi connectivity index (χ1) is 13.8. The fourth-order valence-corrected chi connectivity index (χ4v) is 4.08. The first kappa shape index (κ1) is 17.5. The largest absolute Gasteiger partial charge is 0.448 e. The highest BCUT2D eigenvalue weighted by atomic mass is 16.5. The molecule has 0 aromatic carbocycles. The number of hydrogen-bond donors (Lipinski definition) is 0. The molecule has 0 radical (unpaired) electrons. The predicted octanol–water partition coefficient (Wildman–Crippen LogP) is 2.89. The van der Waals surface area contributed by atoms with Gasteiger partial charge in [-0.3, -0.25) is 0 Å². The van der Waals surface area contributed by atoms with Crippen LogP contribution in [0, 0.1) is 0 Å².